The monoisotopic (exact) mass is 487 g/mol. The number of hydrogen-bond acceptors (Lipinski definition) is 4. The van der Waals surface area contributed by atoms with E-state index in [2.05, 4.69) is 54.5 Å². The maximum absolute atomic E-state index is 13.8. The summed E-state index contributed by atoms with van der Waals surface area (Å²) < 4.78 is 0. The van der Waals surface area contributed by atoms with Crippen molar-refractivity contribution in [3.63, 3.8) is 0 Å². The number of fused-ring (bicyclic) bond motifs is 1. The van der Waals surface area contributed by atoms with Crippen molar-refractivity contribution < 1.29 is 9.59 Å². The van der Waals surface area contributed by atoms with Gasteiger partial charge in [-0.3, -0.25) is 14.5 Å². The van der Waals surface area contributed by atoms with Crippen molar-refractivity contribution in [3.05, 3.63) is 93.2 Å². The van der Waals surface area contributed by atoms with Gasteiger partial charge in [-0.1, -0.05) is 42.5 Å². The van der Waals surface area contributed by atoms with Crippen LogP contribution in [0.1, 0.15) is 51.3 Å². The molecule has 2 aromatic carbocycles. The molecule has 0 spiro atoms. The third-order valence-electron chi connectivity index (χ3n) is 7.46. The SMILES string of the molecule is Cc1ccccc1C1c2ccsc2CCN1C(C)C(=O)N1CCCN(C(=O)c2ccccc2)CC1. The zero-order valence-corrected chi connectivity index (χ0v) is 21.3. The predicted molar refractivity (Wildman–Crippen MR) is 141 cm³/mol. The molecule has 0 saturated carbocycles. The molecule has 3 aromatic rings. The molecule has 2 aliphatic heterocycles. The summed E-state index contributed by atoms with van der Waals surface area (Å²) in [6.45, 7) is 7.60. The first-order valence-corrected chi connectivity index (χ1v) is 13.4. The number of benzene rings is 2. The minimum Gasteiger partial charge on any atom is -0.340 e. The lowest BCUT2D eigenvalue weighted by Crippen LogP contribution is -2.51. The van der Waals surface area contributed by atoms with Crippen LogP contribution in [-0.4, -0.2) is 65.3 Å². The van der Waals surface area contributed by atoms with Crippen LogP contribution in [0.4, 0.5) is 0 Å². The van der Waals surface area contributed by atoms with E-state index in [0.29, 0.717) is 31.7 Å². The van der Waals surface area contributed by atoms with E-state index in [1.807, 2.05) is 51.5 Å². The lowest BCUT2D eigenvalue weighted by Gasteiger charge is -2.41. The van der Waals surface area contributed by atoms with Crippen LogP contribution in [0.2, 0.25) is 0 Å². The maximum Gasteiger partial charge on any atom is 0.253 e. The van der Waals surface area contributed by atoms with Gasteiger partial charge in [0, 0.05) is 43.2 Å². The van der Waals surface area contributed by atoms with Gasteiger partial charge in [0.05, 0.1) is 12.1 Å². The highest BCUT2D eigenvalue weighted by atomic mass is 32.1. The van der Waals surface area contributed by atoms with E-state index in [1.54, 1.807) is 0 Å². The van der Waals surface area contributed by atoms with Crippen molar-refractivity contribution >= 4 is 23.2 Å². The van der Waals surface area contributed by atoms with Crippen molar-refractivity contribution in [2.45, 2.75) is 38.8 Å². The molecule has 0 radical (unpaired) electrons. The zero-order valence-electron chi connectivity index (χ0n) is 20.5. The van der Waals surface area contributed by atoms with Crippen LogP contribution in [0.5, 0.6) is 0 Å². The molecule has 1 aromatic heterocycles. The largest absolute Gasteiger partial charge is 0.340 e. The van der Waals surface area contributed by atoms with E-state index in [-0.39, 0.29) is 23.9 Å². The highest BCUT2D eigenvalue weighted by Gasteiger charge is 2.37. The molecular weight excluding hydrogens is 454 g/mol. The van der Waals surface area contributed by atoms with E-state index in [4.69, 9.17) is 0 Å². The average molecular weight is 488 g/mol. The van der Waals surface area contributed by atoms with Crippen LogP contribution in [0.3, 0.4) is 0 Å². The summed E-state index contributed by atoms with van der Waals surface area (Å²) in [7, 11) is 0. The number of amides is 2. The molecule has 3 heterocycles. The van der Waals surface area contributed by atoms with E-state index < -0.39 is 0 Å². The Morgan fingerprint density at radius 2 is 1.57 bits per heavy atom. The number of carbonyl (C=O) groups is 2. The average Bonchev–Trinajstić information content (AvgIpc) is 3.24. The van der Waals surface area contributed by atoms with Crippen molar-refractivity contribution in [1.82, 2.24) is 14.7 Å². The highest BCUT2D eigenvalue weighted by molar-refractivity contribution is 7.10. The number of thiophene rings is 1. The van der Waals surface area contributed by atoms with Gasteiger partial charge < -0.3 is 9.80 Å². The van der Waals surface area contributed by atoms with E-state index >= 15 is 0 Å². The second-order valence-corrected chi connectivity index (χ2v) is 10.6. The molecule has 5 nitrogen and oxygen atoms in total. The Hall–Kier alpha value is -2.96. The number of aryl methyl sites for hydroxylation is 1. The van der Waals surface area contributed by atoms with Crippen molar-refractivity contribution in [3.8, 4) is 0 Å². The molecule has 2 atom stereocenters. The summed E-state index contributed by atoms with van der Waals surface area (Å²) in [5.74, 6) is 0.213. The van der Waals surface area contributed by atoms with Crippen LogP contribution < -0.4 is 0 Å². The molecule has 2 aliphatic rings. The third kappa shape index (κ3) is 4.78. The van der Waals surface area contributed by atoms with Crippen LogP contribution >= 0.6 is 11.3 Å². The van der Waals surface area contributed by atoms with Crippen LogP contribution in [0.25, 0.3) is 0 Å². The summed E-state index contributed by atoms with van der Waals surface area (Å²) in [4.78, 5) is 34.4. The molecule has 2 amide bonds. The van der Waals surface area contributed by atoms with Crippen LogP contribution in [0.15, 0.2) is 66.0 Å². The fraction of sp³-hybridized carbons (Fsp3) is 0.379. The first kappa shape index (κ1) is 23.8. The highest BCUT2D eigenvalue weighted by Crippen LogP contribution is 2.40. The van der Waals surface area contributed by atoms with Gasteiger partial charge in [0.2, 0.25) is 5.91 Å². The molecule has 6 heteroatoms. The topological polar surface area (TPSA) is 43.9 Å². The lowest BCUT2D eigenvalue weighted by atomic mass is 9.89. The Morgan fingerprint density at radius 1 is 0.857 bits per heavy atom. The molecule has 35 heavy (non-hydrogen) atoms. The molecule has 1 saturated heterocycles. The molecule has 0 N–H and O–H groups in total. The smallest absolute Gasteiger partial charge is 0.253 e. The number of carbonyl (C=O) groups excluding carboxylic acids is 2. The Kier molecular flexibility index (Phi) is 7.02. The molecular formula is C29H33N3O2S. The van der Waals surface area contributed by atoms with Crippen molar-refractivity contribution in [1.29, 1.82) is 0 Å². The Morgan fingerprint density at radius 3 is 2.37 bits per heavy atom. The van der Waals surface area contributed by atoms with Gasteiger partial charge in [0.15, 0.2) is 0 Å². The van der Waals surface area contributed by atoms with E-state index in [1.165, 1.54) is 21.6 Å². The minimum absolute atomic E-state index is 0.0496. The molecule has 1 fully saturated rings. The summed E-state index contributed by atoms with van der Waals surface area (Å²) in [6.07, 6.45) is 1.78. The van der Waals surface area contributed by atoms with Gasteiger partial charge in [-0.15, -0.1) is 11.3 Å². The number of nitrogens with zero attached hydrogens (tertiary/aromatic N) is 3. The van der Waals surface area contributed by atoms with Crippen molar-refractivity contribution in [2.24, 2.45) is 0 Å². The molecule has 5 rings (SSSR count). The fourth-order valence-corrected chi connectivity index (χ4v) is 6.41. The Labute approximate surface area is 212 Å². The first-order valence-electron chi connectivity index (χ1n) is 12.5. The van der Waals surface area contributed by atoms with Gasteiger partial charge in [-0.25, -0.2) is 0 Å². The van der Waals surface area contributed by atoms with Gasteiger partial charge in [-0.2, -0.15) is 0 Å². The second-order valence-electron chi connectivity index (χ2n) is 9.56. The Bertz CT molecular complexity index is 1190. The summed E-state index contributed by atoms with van der Waals surface area (Å²) in [5.41, 5.74) is 4.58. The molecule has 2 unspecified atom stereocenters. The number of rotatable bonds is 4. The molecule has 0 bridgehead atoms. The third-order valence-corrected chi connectivity index (χ3v) is 8.45. The Balaban J connectivity index is 1.33. The van der Waals surface area contributed by atoms with Gasteiger partial charge in [0.1, 0.15) is 0 Å². The molecule has 182 valence electrons. The summed E-state index contributed by atoms with van der Waals surface area (Å²) in [5, 5.41) is 2.18. The second kappa shape index (κ2) is 10.3. The van der Waals surface area contributed by atoms with Gasteiger partial charge in [0.25, 0.3) is 5.91 Å². The minimum atomic E-state index is -0.232. The normalized spacial score (nSPS) is 19.7. The van der Waals surface area contributed by atoms with E-state index in [0.717, 1.165) is 19.4 Å². The maximum atomic E-state index is 13.8. The lowest BCUT2D eigenvalue weighted by molar-refractivity contribution is -0.137. The van der Waals surface area contributed by atoms with Gasteiger partial charge in [-0.05, 0) is 67.0 Å². The molecule has 0 aliphatic carbocycles. The zero-order chi connectivity index (χ0) is 24.4. The summed E-state index contributed by atoms with van der Waals surface area (Å²) >= 11 is 1.82. The quantitative estimate of drug-likeness (QED) is 0.533. The van der Waals surface area contributed by atoms with Crippen LogP contribution in [0, 0.1) is 6.92 Å². The van der Waals surface area contributed by atoms with Crippen molar-refractivity contribution in [2.75, 3.05) is 32.7 Å². The first-order chi connectivity index (χ1) is 17.0. The van der Waals surface area contributed by atoms with E-state index in [9.17, 15) is 9.59 Å². The van der Waals surface area contributed by atoms with Gasteiger partial charge >= 0.3 is 0 Å². The summed E-state index contributed by atoms with van der Waals surface area (Å²) in [6, 6.07) is 20.1. The predicted octanol–water partition coefficient (Wildman–Crippen LogP) is 4.77. The number of hydrogen-bond donors (Lipinski definition) is 0. The fourth-order valence-electron chi connectivity index (χ4n) is 5.50. The van der Waals surface area contributed by atoms with Crippen LogP contribution in [-0.2, 0) is 11.2 Å². The standard InChI is InChI=1S/C29H33N3O2S/c1-21-9-6-7-12-24(21)27-25-14-20-35-26(25)13-17-32(27)22(2)28(33)30-15-8-16-31(19-18-30)29(34)23-10-4-3-5-11-23/h3-7,9-12,14,20,22,27H,8,13,15-19H2,1-2H3.